The Bertz CT molecular complexity index is 612. The first-order valence-corrected chi connectivity index (χ1v) is 10.3. The molecule has 168 valence electrons. The molecular formula is C22H35Cl2FN2O2-2. The van der Waals surface area contributed by atoms with Gasteiger partial charge in [-0.05, 0) is 42.7 Å². The smallest absolute Gasteiger partial charge is 0.146 e. The number of hydrogen-bond acceptors (Lipinski definition) is 4. The number of piperazine rings is 1. The minimum absolute atomic E-state index is 0. The molecule has 0 spiro atoms. The van der Waals surface area contributed by atoms with Gasteiger partial charge in [-0.15, -0.1) is 0 Å². The molecule has 1 aromatic rings. The molecule has 1 saturated heterocycles. The van der Waals surface area contributed by atoms with Crippen molar-refractivity contribution in [2.45, 2.75) is 52.2 Å². The first kappa shape index (κ1) is 26.4. The molecule has 1 aliphatic carbocycles. The summed E-state index contributed by atoms with van der Waals surface area (Å²) in [5.74, 6) is 0.520. The zero-order valence-electron chi connectivity index (χ0n) is 17.8. The Hall–Kier alpha value is -0.590. The lowest BCUT2D eigenvalue weighted by Crippen LogP contribution is -3.00. The standard InChI is InChI=1S/C22H35FN2O2.2ClH/c1-17-12-19(14-22(2,3)13-17)27-16-18(26)15-24-8-10-25(11-9-24)21-7-5-4-6-20(21)23;;/h4-7,17-19,26H,8-16H2,1-3H3;2*1H/p-2. The summed E-state index contributed by atoms with van der Waals surface area (Å²) in [7, 11) is 0. The van der Waals surface area contributed by atoms with Gasteiger partial charge in [-0.1, -0.05) is 32.9 Å². The predicted octanol–water partition coefficient (Wildman–Crippen LogP) is -2.45. The summed E-state index contributed by atoms with van der Waals surface area (Å²) in [5.41, 5.74) is 1.01. The zero-order chi connectivity index (χ0) is 19.4. The Morgan fingerprint density at radius 2 is 1.79 bits per heavy atom. The van der Waals surface area contributed by atoms with Crippen LogP contribution in [0.5, 0.6) is 0 Å². The van der Waals surface area contributed by atoms with Gasteiger partial charge >= 0.3 is 0 Å². The van der Waals surface area contributed by atoms with Crippen molar-refractivity contribution < 1.29 is 39.0 Å². The van der Waals surface area contributed by atoms with Crippen LogP contribution in [-0.2, 0) is 4.74 Å². The second-order valence-corrected chi connectivity index (χ2v) is 9.26. The number of ether oxygens (including phenoxy) is 1. The third-order valence-corrected chi connectivity index (χ3v) is 5.91. The highest BCUT2D eigenvalue weighted by atomic mass is 35.5. The molecule has 1 N–H and O–H groups in total. The number of para-hydroxylation sites is 1. The third kappa shape index (κ3) is 7.87. The number of hydrogen-bond donors (Lipinski definition) is 1. The number of aliphatic hydroxyl groups excluding tert-OH is 1. The first-order chi connectivity index (χ1) is 12.8. The average molecular weight is 449 g/mol. The maximum atomic E-state index is 13.9. The van der Waals surface area contributed by atoms with Crippen molar-refractivity contribution >= 4 is 5.69 Å². The Morgan fingerprint density at radius 3 is 2.41 bits per heavy atom. The molecule has 1 aliphatic heterocycles. The number of halogens is 3. The van der Waals surface area contributed by atoms with Gasteiger partial charge in [0.15, 0.2) is 0 Å². The molecular weight excluding hydrogens is 414 g/mol. The van der Waals surface area contributed by atoms with Crippen molar-refractivity contribution in [2.24, 2.45) is 11.3 Å². The molecule has 1 saturated carbocycles. The Labute approximate surface area is 187 Å². The van der Waals surface area contributed by atoms with E-state index in [9.17, 15) is 9.50 Å². The molecule has 7 heteroatoms. The summed E-state index contributed by atoms with van der Waals surface area (Å²) in [4.78, 5) is 4.33. The van der Waals surface area contributed by atoms with Gasteiger partial charge in [0.2, 0.25) is 0 Å². The topological polar surface area (TPSA) is 35.9 Å². The molecule has 29 heavy (non-hydrogen) atoms. The number of aliphatic hydroxyl groups is 1. The van der Waals surface area contributed by atoms with Gasteiger partial charge in [-0.3, -0.25) is 4.90 Å². The molecule has 3 atom stereocenters. The van der Waals surface area contributed by atoms with E-state index in [0.717, 1.165) is 39.0 Å². The van der Waals surface area contributed by atoms with Crippen LogP contribution in [0, 0.1) is 17.2 Å². The Kier molecular flexibility index (Phi) is 10.7. The number of β-amino-alcohol motifs (C(OH)–C–C–N with tert-alkyl or cyclic N) is 1. The highest BCUT2D eigenvalue weighted by Crippen LogP contribution is 2.39. The van der Waals surface area contributed by atoms with Crippen LogP contribution in [0.25, 0.3) is 0 Å². The highest BCUT2D eigenvalue weighted by molar-refractivity contribution is 5.47. The van der Waals surface area contributed by atoms with E-state index in [2.05, 4.69) is 30.6 Å². The second-order valence-electron chi connectivity index (χ2n) is 9.26. The third-order valence-electron chi connectivity index (χ3n) is 5.91. The maximum absolute atomic E-state index is 13.9. The van der Waals surface area contributed by atoms with Crippen LogP contribution in [0.15, 0.2) is 24.3 Å². The van der Waals surface area contributed by atoms with E-state index in [4.69, 9.17) is 4.74 Å². The SMILES string of the molecule is CC1CC(OCC(O)CN2CCN(c3ccccc3F)CC2)CC(C)(C)C1.[Cl-].[Cl-]. The lowest BCUT2D eigenvalue weighted by Gasteiger charge is -2.39. The summed E-state index contributed by atoms with van der Waals surface area (Å²) < 4.78 is 20.0. The quantitative estimate of drug-likeness (QED) is 0.523. The van der Waals surface area contributed by atoms with E-state index in [-0.39, 0.29) is 36.7 Å². The molecule has 2 fully saturated rings. The van der Waals surface area contributed by atoms with Crippen molar-refractivity contribution in [3.05, 3.63) is 30.1 Å². The number of anilines is 1. The normalized spacial score (nSPS) is 25.6. The van der Waals surface area contributed by atoms with Gasteiger partial charge in [0.05, 0.1) is 24.5 Å². The van der Waals surface area contributed by atoms with E-state index < -0.39 is 6.10 Å². The predicted molar refractivity (Wildman–Crippen MR) is 108 cm³/mol. The van der Waals surface area contributed by atoms with Gasteiger partial charge in [-0.25, -0.2) is 4.39 Å². The van der Waals surface area contributed by atoms with Crippen molar-refractivity contribution in [3.63, 3.8) is 0 Å². The summed E-state index contributed by atoms with van der Waals surface area (Å²) in [6, 6.07) is 6.94. The minimum Gasteiger partial charge on any atom is -1.00 e. The van der Waals surface area contributed by atoms with Crippen molar-refractivity contribution in [1.29, 1.82) is 0 Å². The first-order valence-electron chi connectivity index (χ1n) is 10.3. The van der Waals surface area contributed by atoms with Crippen molar-refractivity contribution in [2.75, 3.05) is 44.2 Å². The average Bonchev–Trinajstić information content (AvgIpc) is 2.60. The molecule has 2 aliphatic rings. The molecule has 3 unspecified atom stereocenters. The molecule has 1 aromatic carbocycles. The van der Waals surface area contributed by atoms with E-state index in [0.29, 0.717) is 30.2 Å². The number of nitrogens with zero attached hydrogens (tertiary/aromatic N) is 2. The lowest BCUT2D eigenvalue weighted by atomic mass is 9.71. The number of rotatable bonds is 6. The molecule has 3 rings (SSSR count). The maximum Gasteiger partial charge on any atom is 0.146 e. The molecule has 0 radical (unpaired) electrons. The monoisotopic (exact) mass is 448 g/mol. The summed E-state index contributed by atoms with van der Waals surface area (Å²) in [6.45, 7) is 11.2. The molecule has 0 aromatic heterocycles. The molecule has 4 nitrogen and oxygen atoms in total. The largest absolute Gasteiger partial charge is 1.00 e. The zero-order valence-corrected chi connectivity index (χ0v) is 19.3. The Balaban J connectivity index is 0.00000210. The lowest BCUT2D eigenvalue weighted by molar-refractivity contribution is -0.0615. The van der Waals surface area contributed by atoms with E-state index in [1.165, 1.54) is 12.5 Å². The van der Waals surface area contributed by atoms with Crippen LogP contribution in [0.2, 0.25) is 0 Å². The van der Waals surface area contributed by atoms with Crippen LogP contribution >= 0.6 is 0 Å². The van der Waals surface area contributed by atoms with Gasteiger partial charge in [-0.2, -0.15) is 0 Å². The minimum atomic E-state index is -0.467. The van der Waals surface area contributed by atoms with Crippen LogP contribution in [0.3, 0.4) is 0 Å². The van der Waals surface area contributed by atoms with Gasteiger partial charge in [0, 0.05) is 32.7 Å². The second kappa shape index (κ2) is 11.7. The summed E-state index contributed by atoms with van der Waals surface area (Å²) in [6.07, 6.45) is 3.21. The van der Waals surface area contributed by atoms with Crippen LogP contribution in [-0.4, -0.2) is 61.5 Å². The molecule has 0 bridgehead atoms. The summed E-state index contributed by atoms with van der Waals surface area (Å²) >= 11 is 0. The fraction of sp³-hybridized carbons (Fsp3) is 0.727. The van der Waals surface area contributed by atoms with E-state index in [1.807, 2.05) is 12.1 Å². The van der Waals surface area contributed by atoms with Gasteiger partial charge in [0.1, 0.15) is 5.82 Å². The fourth-order valence-corrected chi connectivity index (χ4v) is 4.86. The molecule has 1 heterocycles. The summed E-state index contributed by atoms with van der Waals surface area (Å²) in [5, 5.41) is 10.4. The Morgan fingerprint density at radius 1 is 1.14 bits per heavy atom. The van der Waals surface area contributed by atoms with Crippen LogP contribution in [0.4, 0.5) is 10.1 Å². The molecule has 0 amide bonds. The van der Waals surface area contributed by atoms with Gasteiger partial charge in [0.25, 0.3) is 0 Å². The van der Waals surface area contributed by atoms with Crippen molar-refractivity contribution in [3.8, 4) is 0 Å². The van der Waals surface area contributed by atoms with Crippen LogP contribution < -0.4 is 29.7 Å². The van der Waals surface area contributed by atoms with Crippen LogP contribution in [0.1, 0.15) is 40.0 Å². The highest BCUT2D eigenvalue weighted by Gasteiger charge is 2.33. The van der Waals surface area contributed by atoms with Gasteiger partial charge < -0.3 is 39.6 Å². The van der Waals surface area contributed by atoms with Crippen molar-refractivity contribution in [1.82, 2.24) is 4.90 Å². The fourth-order valence-electron chi connectivity index (χ4n) is 4.86. The van der Waals surface area contributed by atoms with E-state index in [1.54, 1.807) is 6.07 Å². The number of benzene rings is 1. The van der Waals surface area contributed by atoms with E-state index >= 15 is 0 Å².